The molecule has 0 saturated heterocycles. The topological polar surface area (TPSA) is 62.2 Å². The third-order valence-electron chi connectivity index (χ3n) is 3.69. The number of hydrogen-bond acceptors (Lipinski definition) is 3. The number of hydrogen-bond donors (Lipinski definition) is 2. The Morgan fingerprint density at radius 2 is 2.33 bits per heavy atom. The minimum absolute atomic E-state index is 0.0369. The molecule has 4 nitrogen and oxygen atoms in total. The molecule has 0 spiro atoms. The summed E-state index contributed by atoms with van der Waals surface area (Å²) >= 11 is 0. The van der Waals surface area contributed by atoms with Crippen LogP contribution < -0.4 is 5.32 Å². The van der Waals surface area contributed by atoms with Crippen molar-refractivity contribution in [3.63, 3.8) is 0 Å². The van der Waals surface area contributed by atoms with Crippen molar-refractivity contribution in [2.75, 3.05) is 5.32 Å². The van der Waals surface area contributed by atoms with Gasteiger partial charge in [0.25, 0.3) is 0 Å². The first kappa shape index (κ1) is 12.8. The van der Waals surface area contributed by atoms with Crippen LogP contribution in [0.3, 0.4) is 0 Å². The Balaban J connectivity index is 2.25. The van der Waals surface area contributed by atoms with Gasteiger partial charge in [-0.25, -0.2) is 14.2 Å². The van der Waals surface area contributed by atoms with Gasteiger partial charge < -0.3 is 10.4 Å². The van der Waals surface area contributed by atoms with Gasteiger partial charge in [-0.15, -0.1) is 0 Å². The van der Waals surface area contributed by atoms with Crippen molar-refractivity contribution in [1.82, 2.24) is 4.98 Å². The van der Waals surface area contributed by atoms with Gasteiger partial charge in [0.2, 0.25) is 0 Å². The van der Waals surface area contributed by atoms with Crippen LogP contribution in [-0.2, 0) is 0 Å². The molecular formula is C13H17FN2O2. The maximum atomic E-state index is 13.9. The first-order valence-corrected chi connectivity index (χ1v) is 6.06. The van der Waals surface area contributed by atoms with Crippen LogP contribution in [0, 0.1) is 11.2 Å². The Kier molecular flexibility index (Phi) is 3.24. The molecule has 1 saturated carbocycles. The summed E-state index contributed by atoms with van der Waals surface area (Å²) in [6, 6.07) is 1.30. The molecule has 98 valence electrons. The van der Waals surface area contributed by atoms with Gasteiger partial charge in [0.1, 0.15) is 5.56 Å². The highest BCUT2D eigenvalue weighted by atomic mass is 19.1. The van der Waals surface area contributed by atoms with Gasteiger partial charge in [-0.05, 0) is 24.3 Å². The fourth-order valence-electron chi connectivity index (χ4n) is 2.47. The third kappa shape index (κ3) is 2.30. The van der Waals surface area contributed by atoms with E-state index in [0.29, 0.717) is 0 Å². The lowest BCUT2D eigenvalue weighted by Gasteiger charge is -2.28. The molecule has 0 radical (unpaired) electrons. The number of rotatable bonds is 3. The number of carboxylic acids is 1. The highest BCUT2D eigenvalue weighted by Crippen LogP contribution is 2.39. The fourth-order valence-corrected chi connectivity index (χ4v) is 2.47. The maximum absolute atomic E-state index is 13.9. The Hall–Kier alpha value is -1.65. The number of carboxylic acid groups (broad SMARTS) is 1. The van der Waals surface area contributed by atoms with Crippen LogP contribution in [0.25, 0.3) is 0 Å². The summed E-state index contributed by atoms with van der Waals surface area (Å²) in [7, 11) is 0. The zero-order valence-corrected chi connectivity index (χ0v) is 10.5. The lowest BCUT2D eigenvalue weighted by atomic mass is 9.87. The fraction of sp³-hybridized carbons (Fsp3) is 0.538. The zero-order valence-electron chi connectivity index (χ0n) is 10.5. The van der Waals surface area contributed by atoms with Crippen molar-refractivity contribution in [3.8, 4) is 0 Å². The molecule has 1 heterocycles. The van der Waals surface area contributed by atoms with Crippen molar-refractivity contribution in [2.24, 2.45) is 5.41 Å². The Morgan fingerprint density at radius 3 is 2.89 bits per heavy atom. The van der Waals surface area contributed by atoms with Crippen LogP contribution in [0.5, 0.6) is 0 Å². The van der Waals surface area contributed by atoms with Gasteiger partial charge in [0.05, 0.1) is 0 Å². The maximum Gasteiger partial charge on any atom is 0.338 e. The second kappa shape index (κ2) is 4.55. The molecule has 1 aromatic rings. The molecule has 0 aliphatic heterocycles. The number of nitrogens with zero attached hydrogens (tertiary/aromatic N) is 1. The summed E-state index contributed by atoms with van der Waals surface area (Å²) in [6.45, 7) is 4.24. The monoisotopic (exact) mass is 252 g/mol. The summed E-state index contributed by atoms with van der Waals surface area (Å²) in [5.41, 5.74) is -0.267. The Bertz CT molecular complexity index is 474. The number of aromatic carboxylic acids is 1. The molecule has 1 atom stereocenters. The standard InChI is InChI=1S/C13H17FN2O2/c1-13(2)6-3-4-9(13)16-11-10(14)8(12(17)18)5-7-15-11/h5,7,9H,3-4,6H2,1-2H3,(H,15,16)(H,17,18). The molecule has 2 N–H and O–H groups in total. The third-order valence-corrected chi connectivity index (χ3v) is 3.69. The van der Waals surface area contributed by atoms with Crippen LogP contribution in [0.1, 0.15) is 43.5 Å². The molecule has 1 aromatic heterocycles. The second-order valence-corrected chi connectivity index (χ2v) is 5.40. The van der Waals surface area contributed by atoms with Crippen LogP contribution in [0.2, 0.25) is 0 Å². The van der Waals surface area contributed by atoms with Crippen molar-refractivity contribution < 1.29 is 14.3 Å². The molecule has 0 amide bonds. The van der Waals surface area contributed by atoms with Gasteiger partial charge >= 0.3 is 5.97 Å². The predicted octanol–water partition coefficient (Wildman–Crippen LogP) is 2.91. The first-order chi connectivity index (χ1) is 8.42. The van der Waals surface area contributed by atoms with Gasteiger partial charge in [0.15, 0.2) is 11.6 Å². The molecule has 2 rings (SSSR count). The van der Waals surface area contributed by atoms with Crippen LogP contribution >= 0.6 is 0 Å². The van der Waals surface area contributed by atoms with E-state index in [4.69, 9.17) is 5.11 Å². The van der Waals surface area contributed by atoms with Gasteiger partial charge in [-0.2, -0.15) is 0 Å². The summed E-state index contributed by atoms with van der Waals surface area (Å²) in [4.78, 5) is 14.7. The Labute approximate surface area is 105 Å². The largest absolute Gasteiger partial charge is 0.478 e. The molecule has 1 fully saturated rings. The van der Waals surface area contributed by atoms with E-state index in [1.165, 1.54) is 12.3 Å². The van der Waals surface area contributed by atoms with Crippen LogP contribution in [0.15, 0.2) is 12.3 Å². The van der Waals surface area contributed by atoms with E-state index in [0.717, 1.165) is 19.3 Å². The van der Waals surface area contributed by atoms with E-state index in [9.17, 15) is 9.18 Å². The van der Waals surface area contributed by atoms with Crippen molar-refractivity contribution in [3.05, 3.63) is 23.6 Å². The number of nitrogens with one attached hydrogen (secondary N) is 1. The van der Waals surface area contributed by atoms with E-state index < -0.39 is 11.8 Å². The number of halogens is 1. The lowest BCUT2D eigenvalue weighted by molar-refractivity contribution is 0.0692. The smallest absolute Gasteiger partial charge is 0.338 e. The minimum atomic E-state index is -1.27. The molecule has 5 heteroatoms. The van der Waals surface area contributed by atoms with E-state index in [2.05, 4.69) is 24.1 Å². The summed E-state index contributed by atoms with van der Waals surface area (Å²) < 4.78 is 13.9. The molecular weight excluding hydrogens is 235 g/mol. The quantitative estimate of drug-likeness (QED) is 0.868. The zero-order chi connectivity index (χ0) is 13.3. The molecule has 0 bridgehead atoms. The molecule has 1 unspecified atom stereocenters. The van der Waals surface area contributed by atoms with Crippen molar-refractivity contribution in [2.45, 2.75) is 39.2 Å². The molecule has 18 heavy (non-hydrogen) atoms. The summed E-state index contributed by atoms with van der Waals surface area (Å²) in [5, 5.41) is 11.9. The number of carbonyl (C=O) groups is 1. The van der Waals surface area contributed by atoms with E-state index >= 15 is 0 Å². The number of anilines is 1. The van der Waals surface area contributed by atoms with E-state index in [-0.39, 0.29) is 22.8 Å². The normalized spacial score (nSPS) is 21.8. The Morgan fingerprint density at radius 1 is 1.61 bits per heavy atom. The summed E-state index contributed by atoms with van der Waals surface area (Å²) in [6.07, 6.45) is 4.43. The highest BCUT2D eigenvalue weighted by molar-refractivity contribution is 5.88. The van der Waals surface area contributed by atoms with Crippen LogP contribution in [0.4, 0.5) is 10.2 Å². The number of aromatic nitrogens is 1. The average Bonchev–Trinajstić information content (AvgIpc) is 2.61. The summed E-state index contributed by atoms with van der Waals surface area (Å²) in [5.74, 6) is -2.02. The molecule has 1 aliphatic carbocycles. The second-order valence-electron chi connectivity index (χ2n) is 5.40. The van der Waals surface area contributed by atoms with Gasteiger partial charge in [0, 0.05) is 12.2 Å². The van der Waals surface area contributed by atoms with Crippen molar-refractivity contribution >= 4 is 11.8 Å². The van der Waals surface area contributed by atoms with Crippen LogP contribution in [-0.4, -0.2) is 22.1 Å². The van der Waals surface area contributed by atoms with E-state index in [1.54, 1.807) is 0 Å². The van der Waals surface area contributed by atoms with E-state index in [1.807, 2.05) is 0 Å². The average molecular weight is 252 g/mol. The minimum Gasteiger partial charge on any atom is -0.478 e. The lowest BCUT2D eigenvalue weighted by Crippen LogP contribution is -2.31. The predicted molar refractivity (Wildman–Crippen MR) is 66.2 cm³/mol. The number of pyridine rings is 1. The van der Waals surface area contributed by atoms with Gasteiger partial charge in [-0.1, -0.05) is 20.3 Å². The SMILES string of the molecule is CC1(C)CCCC1Nc1nccc(C(=O)O)c1F. The highest BCUT2D eigenvalue weighted by Gasteiger charge is 2.35. The van der Waals surface area contributed by atoms with Gasteiger partial charge in [-0.3, -0.25) is 0 Å². The molecule has 1 aliphatic rings. The van der Waals surface area contributed by atoms with Crippen molar-refractivity contribution in [1.29, 1.82) is 0 Å². The molecule has 0 aromatic carbocycles. The first-order valence-electron chi connectivity index (χ1n) is 6.06.